The second-order valence-electron chi connectivity index (χ2n) is 9.32. The number of hydrogen-bond acceptors (Lipinski definition) is 4. The van der Waals surface area contributed by atoms with Crippen molar-refractivity contribution in [2.75, 3.05) is 19.8 Å². The van der Waals surface area contributed by atoms with E-state index in [1.54, 1.807) is 0 Å². The fourth-order valence-corrected chi connectivity index (χ4v) is 5.66. The van der Waals surface area contributed by atoms with Crippen LogP contribution in [0.15, 0.2) is 84.6 Å². The molecule has 34 heavy (non-hydrogen) atoms. The third kappa shape index (κ3) is 3.90. The van der Waals surface area contributed by atoms with Crippen LogP contribution in [0.5, 0.6) is 0 Å². The predicted octanol–water partition coefficient (Wildman–Crippen LogP) is 5.36. The molecule has 172 valence electrons. The van der Waals surface area contributed by atoms with Crippen LogP contribution in [0.3, 0.4) is 0 Å². The highest BCUT2D eigenvalue weighted by molar-refractivity contribution is 5.79. The molecule has 1 fully saturated rings. The van der Waals surface area contributed by atoms with Gasteiger partial charge in [0.1, 0.15) is 6.61 Å². The van der Waals surface area contributed by atoms with Gasteiger partial charge in [0.05, 0.1) is 25.3 Å². The number of nitrogens with zero attached hydrogens (tertiary/aromatic N) is 2. The summed E-state index contributed by atoms with van der Waals surface area (Å²) in [6.07, 6.45) is 6.51. The zero-order valence-corrected chi connectivity index (χ0v) is 19.1. The van der Waals surface area contributed by atoms with Gasteiger partial charge in [-0.2, -0.15) is 0 Å². The fourth-order valence-electron chi connectivity index (χ4n) is 5.66. The maximum atomic E-state index is 13.3. The Morgan fingerprint density at radius 3 is 2.38 bits per heavy atom. The van der Waals surface area contributed by atoms with Gasteiger partial charge in [0.2, 0.25) is 0 Å². The van der Waals surface area contributed by atoms with Gasteiger partial charge in [-0.05, 0) is 53.6 Å². The molecule has 5 nitrogen and oxygen atoms in total. The number of aryl methyl sites for hydroxylation is 1. The van der Waals surface area contributed by atoms with Gasteiger partial charge in [-0.1, -0.05) is 66.2 Å². The molecule has 3 heterocycles. The predicted molar refractivity (Wildman–Crippen MR) is 131 cm³/mol. The molecule has 1 saturated heterocycles. The normalized spacial score (nSPS) is 20.9. The summed E-state index contributed by atoms with van der Waals surface area (Å²) in [7, 11) is 0. The second kappa shape index (κ2) is 9.07. The van der Waals surface area contributed by atoms with Crippen molar-refractivity contribution in [3.63, 3.8) is 0 Å². The first-order valence-corrected chi connectivity index (χ1v) is 12.1. The van der Waals surface area contributed by atoms with Gasteiger partial charge in [-0.25, -0.2) is 4.79 Å². The summed E-state index contributed by atoms with van der Waals surface area (Å²) in [5, 5.41) is 0. The Kier molecular flexibility index (Phi) is 5.63. The van der Waals surface area contributed by atoms with E-state index in [0.717, 1.165) is 25.0 Å². The Labute approximate surface area is 200 Å². The number of rotatable bonds is 5. The van der Waals surface area contributed by atoms with E-state index in [0.29, 0.717) is 19.8 Å². The van der Waals surface area contributed by atoms with Gasteiger partial charge in [-0.3, -0.25) is 9.88 Å². The molecule has 1 aromatic heterocycles. The molecule has 6 rings (SSSR count). The van der Waals surface area contributed by atoms with E-state index in [2.05, 4.69) is 65.7 Å². The van der Waals surface area contributed by atoms with E-state index < -0.39 is 0 Å². The molecule has 0 saturated carbocycles. The molecule has 2 aliphatic heterocycles. The van der Waals surface area contributed by atoms with E-state index in [9.17, 15) is 4.79 Å². The topological polar surface area (TPSA) is 51.7 Å². The zero-order chi connectivity index (χ0) is 22.9. The van der Waals surface area contributed by atoms with Crippen LogP contribution in [0, 0.1) is 0 Å². The van der Waals surface area contributed by atoms with Crippen LogP contribution in [0.1, 0.15) is 35.6 Å². The van der Waals surface area contributed by atoms with Crippen molar-refractivity contribution >= 4 is 6.09 Å². The first-order chi connectivity index (χ1) is 16.8. The first kappa shape index (κ1) is 21.1. The van der Waals surface area contributed by atoms with Crippen molar-refractivity contribution in [3.05, 3.63) is 101 Å². The number of morpholine rings is 1. The monoisotopic (exact) mass is 452 g/mol. The molecule has 1 amide bonds. The highest BCUT2D eigenvalue weighted by Crippen LogP contribution is 2.44. The lowest BCUT2D eigenvalue weighted by atomic mass is 9.91. The molecule has 5 heteroatoms. The quantitative estimate of drug-likeness (QED) is 0.489. The summed E-state index contributed by atoms with van der Waals surface area (Å²) in [6, 6.07) is 22.8. The zero-order valence-electron chi connectivity index (χ0n) is 19.1. The van der Waals surface area contributed by atoms with Crippen LogP contribution in [0.25, 0.3) is 11.1 Å². The molecule has 2 atom stereocenters. The number of benzene rings is 2. The van der Waals surface area contributed by atoms with Crippen LogP contribution in [0.2, 0.25) is 0 Å². The number of carbonyl (C=O) groups is 1. The summed E-state index contributed by atoms with van der Waals surface area (Å²) in [6.45, 7) is 1.43. The van der Waals surface area contributed by atoms with Crippen molar-refractivity contribution < 1.29 is 14.3 Å². The summed E-state index contributed by atoms with van der Waals surface area (Å²) in [4.78, 5) is 19.6. The number of ether oxygens (including phenoxy) is 2. The Morgan fingerprint density at radius 1 is 0.941 bits per heavy atom. The molecule has 0 spiro atoms. The molecule has 2 aromatic carbocycles. The number of pyridine rings is 1. The minimum atomic E-state index is -0.236. The van der Waals surface area contributed by atoms with E-state index in [-0.39, 0.29) is 24.1 Å². The van der Waals surface area contributed by atoms with Gasteiger partial charge in [0, 0.05) is 17.8 Å². The van der Waals surface area contributed by atoms with E-state index in [1.807, 2.05) is 23.2 Å². The van der Waals surface area contributed by atoms with Gasteiger partial charge in [-0.15, -0.1) is 0 Å². The average Bonchev–Trinajstić information content (AvgIpc) is 3.20. The summed E-state index contributed by atoms with van der Waals surface area (Å²) >= 11 is 0. The molecule has 3 aliphatic rings. The lowest BCUT2D eigenvalue weighted by Gasteiger charge is -2.44. The average molecular weight is 453 g/mol. The molecular formula is C29H28N2O3. The molecule has 0 N–H and O–H groups in total. The minimum absolute atomic E-state index is 0.0260. The van der Waals surface area contributed by atoms with Crippen molar-refractivity contribution in [3.8, 4) is 11.1 Å². The van der Waals surface area contributed by atoms with Crippen molar-refractivity contribution in [2.24, 2.45) is 0 Å². The molecular weight excluding hydrogens is 424 g/mol. The number of aromatic nitrogens is 1. The Bertz CT molecular complexity index is 1180. The Morgan fingerprint density at radius 2 is 1.68 bits per heavy atom. The third-order valence-electron chi connectivity index (χ3n) is 7.25. The Hall–Kier alpha value is -3.44. The van der Waals surface area contributed by atoms with Crippen LogP contribution in [-0.2, 0) is 15.9 Å². The van der Waals surface area contributed by atoms with E-state index in [4.69, 9.17) is 9.47 Å². The van der Waals surface area contributed by atoms with Gasteiger partial charge in [0.25, 0.3) is 0 Å². The lowest BCUT2D eigenvalue weighted by molar-refractivity contribution is -0.0365. The molecule has 0 radical (unpaired) electrons. The van der Waals surface area contributed by atoms with E-state index >= 15 is 0 Å². The summed E-state index contributed by atoms with van der Waals surface area (Å²) in [5.41, 5.74) is 7.42. The van der Waals surface area contributed by atoms with Crippen LogP contribution in [-0.4, -0.2) is 47.9 Å². The molecule has 2 unspecified atom stereocenters. The van der Waals surface area contributed by atoms with Crippen molar-refractivity contribution in [1.82, 2.24) is 9.88 Å². The highest BCUT2D eigenvalue weighted by atomic mass is 16.6. The molecule has 2 bridgehead atoms. The number of hydrogen-bond donors (Lipinski definition) is 0. The molecule has 1 aliphatic carbocycles. The lowest BCUT2D eigenvalue weighted by Crippen LogP contribution is -2.56. The standard InChI is InChI=1S/C29H28N2O3/c32-29(34-19-28-26-10-3-1-8-24(26)25-9-2-4-11-27(25)28)31-22-15-20(16-23(31)18-33-17-22)12-13-21-7-5-6-14-30-21/h1-11,14-15,22-23,28H,12-13,16-19H2. The SMILES string of the molecule is O=C(OCC1c2ccccc2-c2ccccc21)N1C2C=C(CCc3ccccn3)CC1COC2. The van der Waals surface area contributed by atoms with E-state index in [1.165, 1.54) is 27.8 Å². The fraction of sp³-hybridized carbons (Fsp3) is 0.310. The number of fused-ring (bicyclic) bond motifs is 5. The minimum Gasteiger partial charge on any atom is -0.448 e. The largest absolute Gasteiger partial charge is 0.448 e. The van der Waals surface area contributed by atoms with Crippen LogP contribution in [0.4, 0.5) is 4.79 Å². The third-order valence-corrected chi connectivity index (χ3v) is 7.25. The van der Waals surface area contributed by atoms with Crippen LogP contribution >= 0.6 is 0 Å². The number of amides is 1. The van der Waals surface area contributed by atoms with Crippen molar-refractivity contribution in [2.45, 2.75) is 37.3 Å². The summed E-state index contributed by atoms with van der Waals surface area (Å²) < 4.78 is 11.8. The van der Waals surface area contributed by atoms with Crippen molar-refractivity contribution in [1.29, 1.82) is 0 Å². The van der Waals surface area contributed by atoms with Gasteiger partial charge < -0.3 is 9.47 Å². The maximum absolute atomic E-state index is 13.3. The highest BCUT2D eigenvalue weighted by Gasteiger charge is 2.39. The first-order valence-electron chi connectivity index (χ1n) is 12.1. The smallest absolute Gasteiger partial charge is 0.410 e. The second-order valence-corrected chi connectivity index (χ2v) is 9.32. The van der Waals surface area contributed by atoms with Gasteiger partial charge >= 0.3 is 6.09 Å². The Balaban J connectivity index is 1.15. The van der Waals surface area contributed by atoms with Gasteiger partial charge in [0.15, 0.2) is 0 Å². The summed E-state index contributed by atoms with van der Waals surface area (Å²) in [5.74, 6) is 0.0710. The van der Waals surface area contributed by atoms with Crippen LogP contribution < -0.4 is 0 Å². The maximum Gasteiger partial charge on any atom is 0.410 e. The number of carbonyl (C=O) groups excluding carboxylic acids is 1. The molecule has 3 aromatic rings.